The Kier molecular flexibility index (Phi) is 7.22. The lowest BCUT2D eigenvalue weighted by molar-refractivity contribution is -0.117. The van der Waals surface area contributed by atoms with Crippen LogP contribution in [0.2, 0.25) is 0 Å². The Labute approximate surface area is 157 Å². The fourth-order valence-electron chi connectivity index (χ4n) is 2.95. The Morgan fingerprint density at radius 2 is 1.65 bits per heavy atom. The van der Waals surface area contributed by atoms with Gasteiger partial charge in [-0.3, -0.25) is 10.1 Å². The molecule has 26 heavy (non-hydrogen) atoms. The number of nitrogens with one attached hydrogen (secondary N) is 2. The average Bonchev–Trinajstić information content (AvgIpc) is 2.62. The van der Waals surface area contributed by atoms with E-state index in [1.807, 2.05) is 31.2 Å². The molecule has 0 aromatic heterocycles. The molecule has 2 aromatic carbocycles. The summed E-state index contributed by atoms with van der Waals surface area (Å²) in [5.41, 5.74) is 3.20. The van der Waals surface area contributed by atoms with E-state index in [1.165, 1.54) is 11.1 Å². The number of para-hydroxylation sites is 2. The Balaban J connectivity index is 1.95. The first kappa shape index (κ1) is 20.0. The van der Waals surface area contributed by atoms with Gasteiger partial charge >= 0.3 is 0 Å². The minimum atomic E-state index is -0.328. The van der Waals surface area contributed by atoms with E-state index in [0.29, 0.717) is 17.4 Å². The van der Waals surface area contributed by atoms with Crippen molar-refractivity contribution in [1.82, 2.24) is 5.32 Å². The second-order valence-corrected chi connectivity index (χ2v) is 7.14. The van der Waals surface area contributed by atoms with Gasteiger partial charge in [0.1, 0.15) is 5.75 Å². The van der Waals surface area contributed by atoms with E-state index in [4.69, 9.17) is 4.74 Å². The van der Waals surface area contributed by atoms with E-state index in [1.54, 1.807) is 7.11 Å². The van der Waals surface area contributed by atoms with Gasteiger partial charge in [-0.15, -0.1) is 0 Å². The fourth-order valence-corrected chi connectivity index (χ4v) is 2.95. The normalized spacial score (nSPS) is 13.3. The van der Waals surface area contributed by atoms with Gasteiger partial charge in [-0.25, -0.2) is 0 Å². The Morgan fingerprint density at radius 1 is 1.00 bits per heavy atom. The molecule has 0 aliphatic heterocycles. The highest BCUT2D eigenvalue weighted by Crippen LogP contribution is 2.23. The van der Waals surface area contributed by atoms with Crippen molar-refractivity contribution >= 4 is 11.6 Å². The molecule has 4 nitrogen and oxygen atoms in total. The largest absolute Gasteiger partial charge is 0.495 e. The molecule has 2 rings (SSSR count). The maximum atomic E-state index is 12.5. The molecule has 0 fully saturated rings. The Hall–Kier alpha value is -2.33. The summed E-state index contributed by atoms with van der Waals surface area (Å²) in [4.78, 5) is 12.5. The molecular weight excluding hydrogens is 324 g/mol. The first-order chi connectivity index (χ1) is 12.4. The van der Waals surface area contributed by atoms with E-state index < -0.39 is 0 Å². The maximum absolute atomic E-state index is 12.5. The zero-order chi connectivity index (χ0) is 19.1. The van der Waals surface area contributed by atoms with Crippen molar-refractivity contribution in [2.45, 2.75) is 46.2 Å². The van der Waals surface area contributed by atoms with Gasteiger partial charge in [-0.1, -0.05) is 50.2 Å². The van der Waals surface area contributed by atoms with Gasteiger partial charge in [0.25, 0.3) is 0 Å². The zero-order valence-electron chi connectivity index (χ0n) is 16.4. The molecule has 4 heteroatoms. The molecule has 2 aromatic rings. The Bertz CT molecular complexity index is 710. The Morgan fingerprint density at radius 3 is 2.27 bits per heavy atom. The lowest BCUT2D eigenvalue weighted by Gasteiger charge is -2.21. The quantitative estimate of drug-likeness (QED) is 0.730. The molecule has 0 unspecified atom stereocenters. The van der Waals surface area contributed by atoms with Gasteiger partial charge in [0.05, 0.1) is 18.8 Å². The van der Waals surface area contributed by atoms with Gasteiger partial charge in [0, 0.05) is 6.04 Å². The van der Waals surface area contributed by atoms with Crippen LogP contribution >= 0.6 is 0 Å². The van der Waals surface area contributed by atoms with Crippen LogP contribution in [0.1, 0.15) is 44.9 Å². The number of ether oxygens (including phenoxy) is 1. The molecule has 140 valence electrons. The van der Waals surface area contributed by atoms with Gasteiger partial charge in [0.15, 0.2) is 0 Å². The molecule has 0 heterocycles. The number of hydrogen-bond donors (Lipinski definition) is 2. The van der Waals surface area contributed by atoms with Crippen LogP contribution in [-0.2, 0) is 11.2 Å². The summed E-state index contributed by atoms with van der Waals surface area (Å²) in [6.07, 6.45) is 1.08. The predicted octanol–water partition coefficient (Wildman–Crippen LogP) is 4.57. The van der Waals surface area contributed by atoms with Crippen LogP contribution in [0, 0.1) is 5.92 Å². The number of benzene rings is 2. The summed E-state index contributed by atoms with van der Waals surface area (Å²) in [5.74, 6) is 1.22. The zero-order valence-corrected chi connectivity index (χ0v) is 16.4. The molecular formula is C22H30N2O2. The van der Waals surface area contributed by atoms with Crippen LogP contribution in [-0.4, -0.2) is 19.1 Å². The number of carbonyl (C=O) groups is 1. The molecule has 0 radical (unpaired) electrons. The third-order valence-electron chi connectivity index (χ3n) is 4.38. The van der Waals surface area contributed by atoms with Crippen molar-refractivity contribution in [2.75, 3.05) is 12.4 Å². The van der Waals surface area contributed by atoms with Crippen LogP contribution in [0.3, 0.4) is 0 Å². The summed E-state index contributed by atoms with van der Waals surface area (Å²) in [5, 5.41) is 6.28. The van der Waals surface area contributed by atoms with E-state index in [0.717, 1.165) is 6.42 Å². The third kappa shape index (κ3) is 5.60. The number of hydrogen-bond acceptors (Lipinski definition) is 3. The highest BCUT2D eigenvalue weighted by Gasteiger charge is 2.17. The van der Waals surface area contributed by atoms with Crippen molar-refractivity contribution < 1.29 is 9.53 Å². The lowest BCUT2D eigenvalue weighted by atomic mass is 9.99. The number of amides is 1. The van der Waals surface area contributed by atoms with Crippen LogP contribution < -0.4 is 15.4 Å². The smallest absolute Gasteiger partial charge is 0.241 e. The summed E-state index contributed by atoms with van der Waals surface area (Å²) < 4.78 is 5.28. The van der Waals surface area contributed by atoms with Crippen LogP contribution in [0.25, 0.3) is 0 Å². The van der Waals surface area contributed by atoms with E-state index in [9.17, 15) is 4.79 Å². The molecule has 2 atom stereocenters. The lowest BCUT2D eigenvalue weighted by Crippen LogP contribution is -2.39. The molecule has 1 amide bonds. The molecule has 0 spiro atoms. The van der Waals surface area contributed by atoms with Crippen LogP contribution in [0.15, 0.2) is 48.5 Å². The van der Waals surface area contributed by atoms with Crippen molar-refractivity contribution in [3.63, 3.8) is 0 Å². The summed E-state index contributed by atoms with van der Waals surface area (Å²) in [7, 11) is 1.59. The van der Waals surface area contributed by atoms with Crippen LogP contribution in [0.5, 0.6) is 5.75 Å². The fraction of sp³-hybridized carbons (Fsp3) is 0.409. The van der Waals surface area contributed by atoms with Gasteiger partial charge in [0.2, 0.25) is 5.91 Å². The SMILES string of the molecule is COc1ccccc1NC(=O)[C@@H](C)N[C@H](C)c1ccc(CC(C)C)cc1. The third-order valence-corrected chi connectivity index (χ3v) is 4.38. The van der Waals surface area contributed by atoms with Gasteiger partial charge in [-0.05, 0) is 49.4 Å². The highest BCUT2D eigenvalue weighted by molar-refractivity contribution is 5.95. The number of methoxy groups -OCH3 is 1. The first-order valence-electron chi connectivity index (χ1n) is 9.19. The van der Waals surface area contributed by atoms with E-state index in [-0.39, 0.29) is 18.0 Å². The summed E-state index contributed by atoms with van der Waals surface area (Å²) >= 11 is 0. The monoisotopic (exact) mass is 354 g/mol. The molecule has 0 bridgehead atoms. The first-order valence-corrected chi connectivity index (χ1v) is 9.19. The number of carbonyl (C=O) groups excluding carboxylic acids is 1. The van der Waals surface area contributed by atoms with Gasteiger partial charge < -0.3 is 10.1 Å². The second-order valence-electron chi connectivity index (χ2n) is 7.14. The number of anilines is 1. The van der Waals surface area contributed by atoms with E-state index >= 15 is 0 Å². The molecule has 0 aliphatic rings. The molecule has 0 saturated heterocycles. The average molecular weight is 354 g/mol. The molecule has 0 aliphatic carbocycles. The molecule has 2 N–H and O–H groups in total. The van der Waals surface area contributed by atoms with Crippen LogP contribution in [0.4, 0.5) is 5.69 Å². The molecule has 0 saturated carbocycles. The number of rotatable bonds is 8. The second kappa shape index (κ2) is 9.39. The standard InChI is InChI=1S/C22H30N2O2/c1-15(2)14-18-10-12-19(13-11-18)16(3)23-17(4)22(25)24-20-8-6-7-9-21(20)26-5/h6-13,15-17,23H,14H2,1-5H3,(H,24,25)/t16-,17-/m1/s1. The van der Waals surface area contributed by atoms with Crippen molar-refractivity contribution in [3.8, 4) is 5.75 Å². The topological polar surface area (TPSA) is 50.4 Å². The summed E-state index contributed by atoms with van der Waals surface area (Å²) in [6.45, 7) is 8.39. The van der Waals surface area contributed by atoms with Gasteiger partial charge in [-0.2, -0.15) is 0 Å². The van der Waals surface area contributed by atoms with Crippen molar-refractivity contribution in [3.05, 3.63) is 59.7 Å². The maximum Gasteiger partial charge on any atom is 0.241 e. The van der Waals surface area contributed by atoms with Crippen molar-refractivity contribution in [2.24, 2.45) is 5.92 Å². The summed E-state index contributed by atoms with van der Waals surface area (Å²) in [6, 6.07) is 15.8. The minimum Gasteiger partial charge on any atom is -0.495 e. The van der Waals surface area contributed by atoms with Crippen molar-refractivity contribution in [1.29, 1.82) is 0 Å². The predicted molar refractivity (Wildman–Crippen MR) is 108 cm³/mol. The minimum absolute atomic E-state index is 0.0847. The highest BCUT2D eigenvalue weighted by atomic mass is 16.5. The van der Waals surface area contributed by atoms with E-state index in [2.05, 4.69) is 55.7 Å².